The Morgan fingerprint density at radius 3 is 2.65 bits per heavy atom. The first kappa shape index (κ1) is 15.5. The van der Waals surface area contributed by atoms with E-state index >= 15 is 0 Å². The number of nitrogens with zero attached hydrogens (tertiary/aromatic N) is 1. The van der Waals surface area contributed by atoms with E-state index in [9.17, 15) is 8.42 Å². The van der Waals surface area contributed by atoms with Crippen LogP contribution in [-0.2, 0) is 10.0 Å². The Morgan fingerprint density at radius 1 is 1.40 bits per heavy atom. The maximum Gasteiger partial charge on any atom is 0.243 e. The Hall–Kier alpha value is -0.910. The molecule has 112 valence electrons. The average Bonchev–Trinajstić information content (AvgIpc) is 3.23. The maximum atomic E-state index is 12.8. The first-order valence-electron chi connectivity index (χ1n) is 7.34. The lowest BCUT2D eigenvalue weighted by molar-refractivity contribution is 0.395. The summed E-state index contributed by atoms with van der Waals surface area (Å²) < 4.78 is 27.2. The molecule has 0 heterocycles. The highest BCUT2D eigenvalue weighted by molar-refractivity contribution is 7.89. The van der Waals surface area contributed by atoms with Gasteiger partial charge >= 0.3 is 0 Å². The van der Waals surface area contributed by atoms with Gasteiger partial charge in [-0.3, -0.25) is 0 Å². The zero-order chi connectivity index (χ0) is 14.8. The van der Waals surface area contributed by atoms with Gasteiger partial charge in [0.05, 0.1) is 4.90 Å². The molecular weight excluding hydrogens is 272 g/mol. The van der Waals surface area contributed by atoms with Crippen molar-refractivity contribution < 1.29 is 8.42 Å². The molecule has 1 aromatic rings. The summed E-state index contributed by atoms with van der Waals surface area (Å²) in [6.45, 7) is 4.56. The molecule has 4 nitrogen and oxygen atoms in total. The van der Waals surface area contributed by atoms with Gasteiger partial charge in [-0.2, -0.15) is 4.31 Å². The van der Waals surface area contributed by atoms with Crippen LogP contribution in [0.1, 0.15) is 51.1 Å². The van der Waals surface area contributed by atoms with Gasteiger partial charge in [-0.25, -0.2) is 8.42 Å². The predicted molar refractivity (Wildman–Crippen MR) is 80.9 cm³/mol. The minimum absolute atomic E-state index is 0.157. The van der Waals surface area contributed by atoms with Crippen molar-refractivity contribution >= 4 is 10.0 Å². The third-order valence-electron chi connectivity index (χ3n) is 3.68. The second kappa shape index (κ2) is 6.24. The van der Waals surface area contributed by atoms with Gasteiger partial charge in [0.2, 0.25) is 10.0 Å². The molecule has 1 fully saturated rings. The molecule has 1 aliphatic rings. The molecule has 0 bridgehead atoms. The van der Waals surface area contributed by atoms with Crippen molar-refractivity contribution in [3.63, 3.8) is 0 Å². The lowest BCUT2D eigenvalue weighted by atomic mass is 10.1. The van der Waals surface area contributed by atoms with Gasteiger partial charge in [0.15, 0.2) is 0 Å². The second-order valence-electron chi connectivity index (χ2n) is 5.56. The highest BCUT2D eigenvalue weighted by Gasteiger charge is 2.37. The van der Waals surface area contributed by atoms with Crippen LogP contribution >= 0.6 is 0 Å². The summed E-state index contributed by atoms with van der Waals surface area (Å²) in [5.74, 6) is 0. The summed E-state index contributed by atoms with van der Waals surface area (Å²) in [4.78, 5) is 0.371. The molecule has 0 saturated heterocycles. The Balaban J connectivity index is 2.29. The summed E-state index contributed by atoms with van der Waals surface area (Å²) in [5, 5.41) is 0. The van der Waals surface area contributed by atoms with Gasteiger partial charge in [-0.05, 0) is 43.9 Å². The zero-order valence-electron chi connectivity index (χ0n) is 12.2. The molecule has 1 saturated carbocycles. The van der Waals surface area contributed by atoms with Gasteiger partial charge < -0.3 is 5.73 Å². The van der Waals surface area contributed by atoms with Crippen molar-refractivity contribution in [1.82, 2.24) is 4.31 Å². The molecule has 5 heteroatoms. The summed E-state index contributed by atoms with van der Waals surface area (Å²) in [6, 6.07) is 7.07. The van der Waals surface area contributed by atoms with Crippen molar-refractivity contribution in [2.75, 3.05) is 6.54 Å². The third kappa shape index (κ3) is 3.40. The topological polar surface area (TPSA) is 63.4 Å². The summed E-state index contributed by atoms with van der Waals surface area (Å²) >= 11 is 0. The van der Waals surface area contributed by atoms with Crippen LogP contribution < -0.4 is 5.73 Å². The molecule has 0 spiro atoms. The molecule has 1 unspecified atom stereocenters. The molecule has 0 radical (unpaired) electrons. The molecule has 1 aromatic carbocycles. The van der Waals surface area contributed by atoms with Crippen LogP contribution in [0.2, 0.25) is 0 Å². The average molecular weight is 296 g/mol. The highest BCUT2D eigenvalue weighted by atomic mass is 32.2. The molecule has 0 aliphatic heterocycles. The van der Waals surface area contributed by atoms with Crippen LogP contribution in [0, 0.1) is 0 Å². The van der Waals surface area contributed by atoms with E-state index in [2.05, 4.69) is 6.92 Å². The first-order valence-corrected chi connectivity index (χ1v) is 8.78. The quantitative estimate of drug-likeness (QED) is 0.841. The fraction of sp³-hybridized carbons (Fsp3) is 0.600. The van der Waals surface area contributed by atoms with E-state index in [0.29, 0.717) is 11.4 Å². The van der Waals surface area contributed by atoms with E-state index in [1.165, 1.54) is 0 Å². The Labute approximate surface area is 122 Å². The molecule has 2 N–H and O–H groups in total. The second-order valence-corrected chi connectivity index (χ2v) is 7.45. The number of unbranched alkanes of at least 4 members (excludes halogenated alkanes) is 1. The summed E-state index contributed by atoms with van der Waals surface area (Å²) in [6.07, 6.45) is 3.87. The van der Waals surface area contributed by atoms with Crippen molar-refractivity contribution in [1.29, 1.82) is 0 Å². The minimum atomic E-state index is -3.39. The molecule has 1 aliphatic carbocycles. The third-order valence-corrected chi connectivity index (χ3v) is 5.62. The van der Waals surface area contributed by atoms with Crippen molar-refractivity contribution in [3.8, 4) is 0 Å². The zero-order valence-corrected chi connectivity index (χ0v) is 13.1. The van der Waals surface area contributed by atoms with E-state index in [0.717, 1.165) is 31.2 Å². The largest absolute Gasteiger partial charge is 0.324 e. The van der Waals surface area contributed by atoms with Crippen LogP contribution in [0.25, 0.3) is 0 Å². The van der Waals surface area contributed by atoms with E-state index in [4.69, 9.17) is 5.73 Å². The molecule has 0 amide bonds. The van der Waals surface area contributed by atoms with Crippen LogP contribution in [0.3, 0.4) is 0 Å². The van der Waals surface area contributed by atoms with Crippen LogP contribution in [0.15, 0.2) is 29.2 Å². The first-order chi connectivity index (χ1) is 9.46. The molecular formula is C15H24N2O2S. The fourth-order valence-corrected chi connectivity index (χ4v) is 4.05. The molecule has 0 aromatic heterocycles. The fourth-order valence-electron chi connectivity index (χ4n) is 2.27. The number of rotatable bonds is 7. The number of nitrogens with two attached hydrogens (primary N) is 1. The van der Waals surface area contributed by atoms with E-state index < -0.39 is 10.0 Å². The van der Waals surface area contributed by atoms with E-state index in [1.54, 1.807) is 22.5 Å². The van der Waals surface area contributed by atoms with Crippen LogP contribution in [-0.4, -0.2) is 25.3 Å². The van der Waals surface area contributed by atoms with Crippen molar-refractivity contribution in [2.24, 2.45) is 5.73 Å². The smallest absolute Gasteiger partial charge is 0.243 e. The van der Waals surface area contributed by atoms with E-state index in [-0.39, 0.29) is 12.1 Å². The number of hydrogen-bond donors (Lipinski definition) is 1. The molecule has 2 rings (SSSR count). The predicted octanol–water partition coefficient (Wildman–Crippen LogP) is 2.66. The number of hydrogen-bond acceptors (Lipinski definition) is 3. The van der Waals surface area contributed by atoms with E-state index in [1.807, 2.05) is 13.0 Å². The van der Waals surface area contributed by atoms with Crippen LogP contribution in [0.5, 0.6) is 0 Å². The highest BCUT2D eigenvalue weighted by Crippen LogP contribution is 2.32. The van der Waals surface area contributed by atoms with Gasteiger partial charge in [-0.15, -0.1) is 0 Å². The van der Waals surface area contributed by atoms with Gasteiger partial charge in [0.25, 0.3) is 0 Å². The normalized spacial score (nSPS) is 17.4. The lowest BCUT2D eigenvalue weighted by Gasteiger charge is -2.22. The van der Waals surface area contributed by atoms with Gasteiger partial charge in [0, 0.05) is 18.6 Å². The number of sulfonamides is 1. The Morgan fingerprint density at radius 2 is 2.10 bits per heavy atom. The standard InChI is InChI=1S/C15H24N2O2S/c1-3-4-10-17(14-8-9-14)20(18,19)15-7-5-6-13(11-15)12(2)16/h5-7,11-12,14H,3-4,8-10,16H2,1-2H3. The van der Waals surface area contributed by atoms with Crippen molar-refractivity contribution in [3.05, 3.63) is 29.8 Å². The molecule has 20 heavy (non-hydrogen) atoms. The van der Waals surface area contributed by atoms with Crippen LogP contribution in [0.4, 0.5) is 0 Å². The Kier molecular flexibility index (Phi) is 4.83. The maximum absolute atomic E-state index is 12.8. The van der Waals surface area contributed by atoms with Gasteiger partial charge in [0.1, 0.15) is 0 Å². The van der Waals surface area contributed by atoms with Crippen molar-refractivity contribution in [2.45, 2.75) is 56.5 Å². The number of benzene rings is 1. The minimum Gasteiger partial charge on any atom is -0.324 e. The Bertz CT molecular complexity index is 551. The SMILES string of the molecule is CCCCN(C1CC1)S(=O)(=O)c1cccc(C(C)N)c1. The summed E-state index contributed by atoms with van der Waals surface area (Å²) in [7, 11) is -3.39. The monoisotopic (exact) mass is 296 g/mol. The van der Waals surface area contributed by atoms with Gasteiger partial charge in [-0.1, -0.05) is 25.5 Å². The lowest BCUT2D eigenvalue weighted by Crippen LogP contribution is -2.34. The molecule has 1 atom stereocenters. The summed E-state index contributed by atoms with van der Waals surface area (Å²) in [5.41, 5.74) is 6.70.